The van der Waals surface area contributed by atoms with Gasteiger partial charge in [0.15, 0.2) is 0 Å². The van der Waals surface area contributed by atoms with E-state index < -0.39 is 0 Å². The summed E-state index contributed by atoms with van der Waals surface area (Å²) in [4.78, 5) is 12.0. The van der Waals surface area contributed by atoms with Gasteiger partial charge >= 0.3 is 0 Å². The normalized spacial score (nSPS) is 7.91. The van der Waals surface area contributed by atoms with E-state index in [2.05, 4.69) is 15.0 Å². The molecule has 0 bridgehead atoms. The molecule has 1 rings (SSSR count). The summed E-state index contributed by atoms with van der Waals surface area (Å²) < 4.78 is 0. The van der Waals surface area contributed by atoms with Crippen molar-refractivity contribution in [3.63, 3.8) is 0 Å². The van der Waals surface area contributed by atoms with Crippen molar-refractivity contribution in [3.05, 3.63) is 17.5 Å². The summed E-state index contributed by atoms with van der Waals surface area (Å²) in [6.07, 6.45) is 0. The van der Waals surface area contributed by atoms with Crippen LogP contribution in [0.5, 0.6) is 0 Å². The summed E-state index contributed by atoms with van der Waals surface area (Å²) >= 11 is 0. The van der Waals surface area contributed by atoms with Crippen LogP contribution in [0.3, 0.4) is 0 Å². The average molecular weight is 177 g/mol. The first-order valence-electron chi connectivity index (χ1n) is 2.84. The summed E-state index contributed by atoms with van der Waals surface area (Å²) in [6.45, 7) is 5.59. The van der Waals surface area contributed by atoms with Gasteiger partial charge in [0.1, 0.15) is 17.5 Å². The fraction of sp³-hybridized carbons (Fsp3) is 0.500. The Morgan fingerprint density at radius 2 is 0.909 bits per heavy atom. The van der Waals surface area contributed by atoms with Crippen LogP contribution in [0.1, 0.15) is 17.5 Å². The standard InChI is InChI=1S/C6H9N3.ClH.H3N/c1-4-7-5(2)9-6(3)8-4;;/h1-3H3;1H;1H3. The molecular formula is C6H13ClN4. The van der Waals surface area contributed by atoms with Crippen LogP contribution in [0.2, 0.25) is 0 Å². The molecule has 0 spiro atoms. The molecule has 0 aromatic carbocycles. The molecule has 0 amide bonds. The zero-order chi connectivity index (χ0) is 6.85. The minimum Gasteiger partial charge on any atom is -0.344 e. The van der Waals surface area contributed by atoms with E-state index >= 15 is 0 Å². The molecule has 1 heterocycles. The first-order valence-corrected chi connectivity index (χ1v) is 2.84. The Kier molecular flexibility index (Phi) is 5.84. The molecular weight excluding hydrogens is 164 g/mol. The van der Waals surface area contributed by atoms with Gasteiger partial charge < -0.3 is 6.15 Å². The smallest absolute Gasteiger partial charge is 0.129 e. The summed E-state index contributed by atoms with van der Waals surface area (Å²) in [6, 6.07) is 0. The third-order valence-electron chi connectivity index (χ3n) is 0.971. The molecule has 0 radical (unpaired) electrons. The van der Waals surface area contributed by atoms with E-state index in [1.807, 2.05) is 20.8 Å². The predicted octanol–water partition coefficient (Wildman–Crippen LogP) is 1.38. The molecule has 3 N–H and O–H groups in total. The highest BCUT2D eigenvalue weighted by atomic mass is 35.5. The summed E-state index contributed by atoms with van der Waals surface area (Å²) in [5.41, 5.74) is 0. The van der Waals surface area contributed by atoms with Crippen LogP contribution < -0.4 is 6.15 Å². The van der Waals surface area contributed by atoms with Crippen molar-refractivity contribution in [2.45, 2.75) is 20.8 Å². The number of hydrogen-bond donors (Lipinski definition) is 1. The summed E-state index contributed by atoms with van der Waals surface area (Å²) in [5.74, 6) is 2.38. The van der Waals surface area contributed by atoms with Gasteiger partial charge in [0.05, 0.1) is 0 Å². The maximum Gasteiger partial charge on any atom is 0.129 e. The first-order chi connectivity index (χ1) is 4.18. The number of rotatable bonds is 0. The lowest BCUT2D eigenvalue weighted by Gasteiger charge is -1.94. The van der Waals surface area contributed by atoms with Crippen LogP contribution in [0.15, 0.2) is 0 Å². The van der Waals surface area contributed by atoms with Gasteiger partial charge in [-0.2, -0.15) is 0 Å². The van der Waals surface area contributed by atoms with E-state index in [9.17, 15) is 0 Å². The van der Waals surface area contributed by atoms with Crippen molar-refractivity contribution >= 4 is 12.4 Å². The van der Waals surface area contributed by atoms with Crippen molar-refractivity contribution in [2.24, 2.45) is 0 Å². The Hall–Kier alpha value is -0.740. The molecule has 0 saturated heterocycles. The van der Waals surface area contributed by atoms with Gasteiger partial charge in [-0.15, -0.1) is 12.4 Å². The van der Waals surface area contributed by atoms with Crippen LogP contribution in [0, 0.1) is 20.8 Å². The average Bonchev–Trinajstić information content (AvgIpc) is 1.59. The molecule has 64 valence electrons. The van der Waals surface area contributed by atoms with Gasteiger partial charge in [-0.3, -0.25) is 0 Å². The second-order valence-corrected chi connectivity index (χ2v) is 1.98. The van der Waals surface area contributed by atoms with Crippen molar-refractivity contribution in [1.82, 2.24) is 21.1 Å². The number of hydrogen-bond acceptors (Lipinski definition) is 4. The lowest BCUT2D eigenvalue weighted by molar-refractivity contribution is 0.875. The van der Waals surface area contributed by atoms with E-state index in [-0.39, 0.29) is 18.6 Å². The molecule has 0 atom stereocenters. The topological polar surface area (TPSA) is 73.7 Å². The molecule has 5 heteroatoms. The van der Waals surface area contributed by atoms with Crippen molar-refractivity contribution in [1.29, 1.82) is 0 Å². The lowest BCUT2D eigenvalue weighted by atomic mass is 10.6. The summed E-state index contributed by atoms with van der Waals surface area (Å²) in [7, 11) is 0. The fourth-order valence-electron chi connectivity index (χ4n) is 0.777. The Morgan fingerprint density at radius 3 is 1.09 bits per heavy atom. The van der Waals surface area contributed by atoms with Gasteiger partial charge in [-0.25, -0.2) is 15.0 Å². The second-order valence-electron chi connectivity index (χ2n) is 1.98. The molecule has 0 aliphatic heterocycles. The van der Waals surface area contributed by atoms with Crippen LogP contribution >= 0.6 is 12.4 Å². The molecule has 1 aromatic rings. The maximum atomic E-state index is 4.01. The first kappa shape index (κ1) is 12.9. The Balaban J connectivity index is 0. The Labute approximate surface area is 72.5 Å². The lowest BCUT2D eigenvalue weighted by Crippen LogP contribution is -1.97. The van der Waals surface area contributed by atoms with Gasteiger partial charge in [0.25, 0.3) is 0 Å². The van der Waals surface area contributed by atoms with E-state index in [1.165, 1.54) is 0 Å². The minimum absolute atomic E-state index is 0. The largest absolute Gasteiger partial charge is 0.344 e. The fourth-order valence-corrected chi connectivity index (χ4v) is 0.777. The molecule has 0 aliphatic carbocycles. The maximum absolute atomic E-state index is 4.01. The van der Waals surface area contributed by atoms with Gasteiger partial charge in [-0.05, 0) is 20.8 Å². The van der Waals surface area contributed by atoms with Gasteiger partial charge in [0, 0.05) is 0 Å². The highest BCUT2D eigenvalue weighted by molar-refractivity contribution is 5.85. The van der Waals surface area contributed by atoms with E-state index in [0.717, 1.165) is 17.5 Å². The third kappa shape index (κ3) is 3.85. The Bertz CT molecular complexity index is 175. The number of aryl methyl sites for hydroxylation is 3. The minimum atomic E-state index is 0. The molecule has 0 aliphatic rings. The Morgan fingerprint density at radius 1 is 0.727 bits per heavy atom. The molecule has 0 saturated carbocycles. The molecule has 4 nitrogen and oxygen atoms in total. The van der Waals surface area contributed by atoms with Crippen molar-refractivity contribution < 1.29 is 0 Å². The van der Waals surface area contributed by atoms with Crippen LogP contribution in [-0.4, -0.2) is 15.0 Å². The SMILES string of the molecule is Cc1nc(C)nc(C)n1.Cl.N. The van der Waals surface area contributed by atoms with E-state index in [4.69, 9.17) is 0 Å². The zero-order valence-corrected chi connectivity index (χ0v) is 7.77. The monoisotopic (exact) mass is 176 g/mol. The summed E-state index contributed by atoms with van der Waals surface area (Å²) in [5, 5.41) is 0. The van der Waals surface area contributed by atoms with Crippen molar-refractivity contribution in [3.8, 4) is 0 Å². The molecule has 0 unspecified atom stereocenters. The molecule has 0 fully saturated rings. The number of halogens is 1. The second kappa shape index (κ2) is 4.98. The predicted molar refractivity (Wildman–Crippen MR) is 46.3 cm³/mol. The third-order valence-corrected chi connectivity index (χ3v) is 0.971. The van der Waals surface area contributed by atoms with Crippen LogP contribution in [0.25, 0.3) is 0 Å². The highest BCUT2D eigenvalue weighted by Gasteiger charge is 1.91. The zero-order valence-electron chi connectivity index (χ0n) is 6.96. The quantitative estimate of drug-likeness (QED) is 0.648. The highest BCUT2D eigenvalue weighted by Crippen LogP contribution is 1.90. The molecule has 11 heavy (non-hydrogen) atoms. The van der Waals surface area contributed by atoms with E-state index in [1.54, 1.807) is 0 Å². The van der Waals surface area contributed by atoms with E-state index in [0.29, 0.717) is 0 Å². The number of nitrogens with zero attached hydrogens (tertiary/aromatic N) is 3. The van der Waals surface area contributed by atoms with Crippen molar-refractivity contribution in [2.75, 3.05) is 0 Å². The van der Waals surface area contributed by atoms with Crippen LogP contribution in [0.4, 0.5) is 0 Å². The van der Waals surface area contributed by atoms with Crippen LogP contribution in [-0.2, 0) is 0 Å². The number of aromatic nitrogens is 3. The van der Waals surface area contributed by atoms with Gasteiger partial charge in [-0.1, -0.05) is 0 Å². The van der Waals surface area contributed by atoms with Gasteiger partial charge in [0.2, 0.25) is 0 Å². The molecule has 1 aromatic heterocycles.